The van der Waals surface area contributed by atoms with Crippen LogP contribution in [0.5, 0.6) is 5.75 Å². The van der Waals surface area contributed by atoms with Crippen molar-refractivity contribution in [3.05, 3.63) is 29.3 Å². The number of aromatic hydroxyl groups is 1. The molecular formula is C10H7F3O. The highest BCUT2D eigenvalue weighted by atomic mass is 19.4. The molecule has 0 saturated carbocycles. The maximum atomic E-state index is 11.7. The average Bonchev–Trinajstić information content (AvgIpc) is 2.00. The van der Waals surface area contributed by atoms with E-state index in [1.807, 2.05) is 5.92 Å². The molecule has 0 radical (unpaired) electrons. The summed E-state index contributed by atoms with van der Waals surface area (Å²) in [5.41, 5.74) is 0.780. The summed E-state index contributed by atoms with van der Waals surface area (Å²) in [5, 5.41) is 9.00. The average molecular weight is 200 g/mol. The number of alkyl halides is 3. The van der Waals surface area contributed by atoms with E-state index in [9.17, 15) is 13.2 Å². The van der Waals surface area contributed by atoms with Gasteiger partial charge in [-0.25, -0.2) is 0 Å². The number of hydrogen-bond acceptors (Lipinski definition) is 1. The summed E-state index contributed by atoms with van der Waals surface area (Å²) >= 11 is 0. The number of benzene rings is 1. The fourth-order valence-corrected chi connectivity index (χ4v) is 0.926. The largest absolute Gasteiger partial charge is 0.508 e. The summed E-state index contributed by atoms with van der Waals surface area (Å²) in [4.78, 5) is 0. The van der Waals surface area contributed by atoms with E-state index in [-0.39, 0.29) is 11.3 Å². The van der Waals surface area contributed by atoms with Gasteiger partial charge in [0.15, 0.2) is 0 Å². The van der Waals surface area contributed by atoms with Gasteiger partial charge in [0.2, 0.25) is 0 Å². The lowest BCUT2D eigenvalue weighted by molar-refractivity contribution is -0.0696. The van der Waals surface area contributed by atoms with Gasteiger partial charge in [-0.05, 0) is 30.7 Å². The summed E-state index contributed by atoms with van der Waals surface area (Å²) in [6, 6.07) is 4.01. The van der Waals surface area contributed by atoms with Gasteiger partial charge in [-0.2, -0.15) is 13.2 Å². The second-order valence-corrected chi connectivity index (χ2v) is 2.75. The van der Waals surface area contributed by atoms with Gasteiger partial charge in [0.05, 0.1) is 0 Å². The molecule has 0 bridgehead atoms. The van der Waals surface area contributed by atoms with Crippen molar-refractivity contribution >= 4 is 0 Å². The van der Waals surface area contributed by atoms with Crippen LogP contribution in [0.15, 0.2) is 18.2 Å². The van der Waals surface area contributed by atoms with Gasteiger partial charge in [0.1, 0.15) is 5.75 Å². The Morgan fingerprint density at radius 3 is 2.43 bits per heavy atom. The molecule has 0 aliphatic heterocycles. The van der Waals surface area contributed by atoms with Crippen LogP contribution >= 0.6 is 0 Å². The Bertz CT molecular complexity index is 396. The van der Waals surface area contributed by atoms with E-state index in [4.69, 9.17) is 5.11 Å². The highest BCUT2D eigenvalue weighted by molar-refractivity contribution is 5.44. The van der Waals surface area contributed by atoms with E-state index in [1.54, 1.807) is 6.92 Å². The fourth-order valence-electron chi connectivity index (χ4n) is 0.926. The molecule has 74 valence electrons. The van der Waals surface area contributed by atoms with Gasteiger partial charge in [-0.15, -0.1) is 0 Å². The van der Waals surface area contributed by atoms with Gasteiger partial charge < -0.3 is 5.11 Å². The van der Waals surface area contributed by atoms with Gasteiger partial charge in [-0.3, -0.25) is 0 Å². The molecule has 0 saturated heterocycles. The lowest BCUT2D eigenvalue weighted by Gasteiger charge is -1.98. The van der Waals surface area contributed by atoms with Crippen molar-refractivity contribution in [2.75, 3.05) is 0 Å². The monoisotopic (exact) mass is 200 g/mol. The topological polar surface area (TPSA) is 20.2 Å². The van der Waals surface area contributed by atoms with Crippen molar-refractivity contribution in [3.63, 3.8) is 0 Å². The van der Waals surface area contributed by atoms with Crippen LogP contribution in [0.4, 0.5) is 13.2 Å². The maximum Gasteiger partial charge on any atom is 0.458 e. The molecule has 0 spiro atoms. The first-order chi connectivity index (χ1) is 6.38. The van der Waals surface area contributed by atoms with Crippen LogP contribution in [-0.2, 0) is 0 Å². The summed E-state index contributed by atoms with van der Waals surface area (Å²) in [5.74, 6) is 3.17. The van der Waals surface area contributed by atoms with E-state index in [1.165, 1.54) is 24.1 Å². The van der Waals surface area contributed by atoms with Crippen LogP contribution in [0.25, 0.3) is 0 Å². The molecule has 0 aliphatic carbocycles. The van der Waals surface area contributed by atoms with E-state index in [2.05, 4.69) is 0 Å². The number of phenolic OH excluding ortho intramolecular Hbond substituents is 1. The molecule has 0 aromatic heterocycles. The predicted octanol–water partition coefficient (Wildman–Crippen LogP) is 2.61. The normalized spacial score (nSPS) is 10.6. The Hall–Kier alpha value is -1.63. The van der Waals surface area contributed by atoms with E-state index < -0.39 is 6.18 Å². The van der Waals surface area contributed by atoms with Gasteiger partial charge in [0.25, 0.3) is 0 Å². The minimum absolute atomic E-state index is 0.0139. The van der Waals surface area contributed by atoms with Gasteiger partial charge in [-0.1, -0.05) is 5.92 Å². The molecule has 0 aliphatic rings. The lowest BCUT2D eigenvalue weighted by Crippen LogP contribution is -2.01. The smallest absolute Gasteiger partial charge is 0.458 e. The van der Waals surface area contributed by atoms with Crippen molar-refractivity contribution in [2.45, 2.75) is 13.1 Å². The Labute approximate surface area is 79.2 Å². The quantitative estimate of drug-likeness (QED) is 0.638. The zero-order chi connectivity index (χ0) is 10.8. The standard InChI is InChI=1S/C10H7F3O/c1-7-6-9(14)3-2-8(7)4-5-10(11,12)13/h2-3,6,14H,1H3. The molecular weight excluding hydrogens is 193 g/mol. The lowest BCUT2D eigenvalue weighted by atomic mass is 10.1. The van der Waals surface area contributed by atoms with Crippen LogP contribution in [0.2, 0.25) is 0 Å². The Morgan fingerprint density at radius 2 is 1.93 bits per heavy atom. The molecule has 0 unspecified atom stereocenters. The molecule has 0 fully saturated rings. The molecule has 0 amide bonds. The zero-order valence-corrected chi connectivity index (χ0v) is 7.31. The SMILES string of the molecule is Cc1cc(O)ccc1C#CC(F)(F)F. The van der Waals surface area contributed by atoms with Crippen LogP contribution in [0, 0.1) is 18.8 Å². The minimum atomic E-state index is -4.48. The first kappa shape index (κ1) is 10.5. The van der Waals surface area contributed by atoms with Crippen LogP contribution < -0.4 is 0 Å². The first-order valence-corrected chi connectivity index (χ1v) is 3.78. The van der Waals surface area contributed by atoms with Crippen molar-refractivity contribution in [1.82, 2.24) is 0 Å². The summed E-state index contributed by atoms with van der Waals surface area (Å²) < 4.78 is 35.2. The molecule has 1 aromatic carbocycles. The molecule has 14 heavy (non-hydrogen) atoms. The van der Waals surface area contributed by atoms with E-state index in [0.717, 1.165) is 0 Å². The zero-order valence-electron chi connectivity index (χ0n) is 7.31. The second kappa shape index (κ2) is 3.62. The molecule has 1 nitrogen and oxygen atoms in total. The number of rotatable bonds is 0. The third-order valence-electron chi connectivity index (χ3n) is 1.55. The van der Waals surface area contributed by atoms with Crippen LogP contribution in [0.1, 0.15) is 11.1 Å². The summed E-state index contributed by atoms with van der Waals surface area (Å²) in [6.07, 6.45) is -4.48. The maximum absolute atomic E-state index is 11.7. The van der Waals surface area contributed by atoms with Gasteiger partial charge >= 0.3 is 6.18 Å². The number of halogens is 3. The molecule has 0 atom stereocenters. The van der Waals surface area contributed by atoms with Crippen molar-refractivity contribution in [1.29, 1.82) is 0 Å². The van der Waals surface area contributed by atoms with Crippen molar-refractivity contribution in [2.24, 2.45) is 0 Å². The highest BCUT2D eigenvalue weighted by Gasteiger charge is 2.22. The molecule has 1 N–H and O–H groups in total. The fraction of sp³-hybridized carbons (Fsp3) is 0.200. The molecule has 4 heteroatoms. The molecule has 1 rings (SSSR count). The number of hydrogen-bond donors (Lipinski definition) is 1. The van der Waals surface area contributed by atoms with Crippen LogP contribution in [-0.4, -0.2) is 11.3 Å². The van der Waals surface area contributed by atoms with Gasteiger partial charge in [0, 0.05) is 11.5 Å². The third-order valence-corrected chi connectivity index (χ3v) is 1.55. The summed E-state index contributed by atoms with van der Waals surface area (Å²) in [6.45, 7) is 1.58. The Morgan fingerprint density at radius 1 is 1.29 bits per heavy atom. The van der Waals surface area contributed by atoms with Crippen LogP contribution in [0.3, 0.4) is 0 Å². The third kappa shape index (κ3) is 3.02. The van der Waals surface area contributed by atoms with Crippen molar-refractivity contribution < 1.29 is 18.3 Å². The van der Waals surface area contributed by atoms with Crippen molar-refractivity contribution in [3.8, 4) is 17.6 Å². The number of aryl methyl sites for hydroxylation is 1. The van der Waals surface area contributed by atoms with E-state index in [0.29, 0.717) is 5.56 Å². The summed E-state index contributed by atoms with van der Waals surface area (Å²) in [7, 11) is 0. The molecule has 0 heterocycles. The van der Waals surface area contributed by atoms with E-state index >= 15 is 0 Å². The Balaban J connectivity index is 3.02. The minimum Gasteiger partial charge on any atom is -0.508 e. The number of phenols is 1. The predicted molar refractivity (Wildman–Crippen MR) is 45.8 cm³/mol. The first-order valence-electron chi connectivity index (χ1n) is 3.78. The highest BCUT2D eigenvalue weighted by Crippen LogP contribution is 2.16. The Kier molecular flexibility index (Phi) is 2.70. The molecule has 1 aromatic rings. The second-order valence-electron chi connectivity index (χ2n) is 2.75.